The van der Waals surface area contributed by atoms with Crippen LogP contribution in [0.5, 0.6) is 0 Å². The molecule has 1 amide bonds. The molecule has 9 heteroatoms. The summed E-state index contributed by atoms with van der Waals surface area (Å²) in [6.45, 7) is 1.17. The van der Waals surface area contributed by atoms with Gasteiger partial charge in [0.15, 0.2) is 0 Å². The molecule has 2 rings (SSSR count). The molecule has 2 N–H and O–H groups in total. The van der Waals surface area contributed by atoms with Crippen molar-refractivity contribution in [3.63, 3.8) is 0 Å². The van der Waals surface area contributed by atoms with E-state index >= 15 is 0 Å². The van der Waals surface area contributed by atoms with Crippen molar-refractivity contribution in [2.45, 2.75) is 30.4 Å². The SMILES string of the molecule is CO[C@H]1C[C@@H](C(N)=O)N(S(=O)(=O)c2cc(F)c(C)cc2F)C1. The number of rotatable bonds is 4. The first-order valence-corrected chi connectivity index (χ1v) is 7.92. The van der Waals surface area contributed by atoms with Gasteiger partial charge in [0.05, 0.1) is 6.10 Å². The normalized spacial score (nSPS) is 22.9. The first kappa shape index (κ1) is 16.8. The van der Waals surface area contributed by atoms with Gasteiger partial charge >= 0.3 is 0 Å². The Morgan fingerprint density at radius 2 is 2.00 bits per heavy atom. The monoisotopic (exact) mass is 334 g/mol. The lowest BCUT2D eigenvalue weighted by Gasteiger charge is -2.21. The number of hydrogen-bond acceptors (Lipinski definition) is 4. The summed E-state index contributed by atoms with van der Waals surface area (Å²) in [5.74, 6) is -2.79. The van der Waals surface area contributed by atoms with E-state index in [1.807, 2.05) is 0 Å². The summed E-state index contributed by atoms with van der Waals surface area (Å²) >= 11 is 0. The molecule has 0 aromatic heterocycles. The number of benzene rings is 1. The molecule has 122 valence electrons. The highest BCUT2D eigenvalue weighted by molar-refractivity contribution is 7.89. The second-order valence-corrected chi connectivity index (χ2v) is 6.98. The second-order valence-electron chi connectivity index (χ2n) is 5.12. The molecular weight excluding hydrogens is 318 g/mol. The van der Waals surface area contributed by atoms with Crippen LogP contribution < -0.4 is 5.73 Å². The Labute approximate surface area is 126 Å². The molecule has 0 radical (unpaired) electrons. The van der Waals surface area contributed by atoms with E-state index in [9.17, 15) is 22.0 Å². The van der Waals surface area contributed by atoms with E-state index in [1.165, 1.54) is 14.0 Å². The number of nitrogens with two attached hydrogens (primary N) is 1. The second kappa shape index (κ2) is 5.90. The molecule has 2 atom stereocenters. The fourth-order valence-corrected chi connectivity index (χ4v) is 4.11. The van der Waals surface area contributed by atoms with Gasteiger partial charge in [-0.2, -0.15) is 4.31 Å². The van der Waals surface area contributed by atoms with E-state index in [0.717, 1.165) is 10.4 Å². The number of primary amides is 1. The Bertz CT molecular complexity index is 708. The highest BCUT2D eigenvalue weighted by Crippen LogP contribution is 2.29. The minimum absolute atomic E-state index is 0.0147. The number of aryl methyl sites for hydroxylation is 1. The number of halogens is 2. The summed E-state index contributed by atoms with van der Waals surface area (Å²) in [6, 6.07) is 0.252. The molecule has 0 unspecified atom stereocenters. The van der Waals surface area contributed by atoms with Crippen LogP contribution in [0.1, 0.15) is 12.0 Å². The van der Waals surface area contributed by atoms with Crippen LogP contribution in [0.25, 0.3) is 0 Å². The van der Waals surface area contributed by atoms with Gasteiger partial charge in [0.1, 0.15) is 22.6 Å². The van der Waals surface area contributed by atoms with Gasteiger partial charge in [0.2, 0.25) is 15.9 Å². The predicted octanol–water partition coefficient (Wildman–Crippen LogP) is 0.537. The highest BCUT2D eigenvalue weighted by atomic mass is 32.2. The third kappa shape index (κ3) is 2.83. The number of nitrogens with zero attached hydrogens (tertiary/aromatic N) is 1. The molecule has 0 bridgehead atoms. The average Bonchev–Trinajstić information content (AvgIpc) is 2.88. The molecule has 1 aromatic rings. The maximum Gasteiger partial charge on any atom is 0.246 e. The smallest absolute Gasteiger partial charge is 0.246 e. The number of ether oxygens (including phenoxy) is 1. The van der Waals surface area contributed by atoms with Gasteiger partial charge in [0.25, 0.3) is 0 Å². The molecule has 6 nitrogen and oxygen atoms in total. The van der Waals surface area contributed by atoms with E-state index in [0.29, 0.717) is 6.07 Å². The van der Waals surface area contributed by atoms with Gasteiger partial charge in [-0.25, -0.2) is 17.2 Å². The molecule has 22 heavy (non-hydrogen) atoms. The predicted molar refractivity (Wildman–Crippen MR) is 73.4 cm³/mol. The third-order valence-corrected chi connectivity index (χ3v) is 5.57. The Morgan fingerprint density at radius 1 is 1.36 bits per heavy atom. The van der Waals surface area contributed by atoms with E-state index in [-0.39, 0.29) is 18.5 Å². The summed E-state index contributed by atoms with van der Waals surface area (Å²) in [7, 11) is -3.04. The fraction of sp³-hybridized carbons (Fsp3) is 0.462. The van der Waals surface area contributed by atoms with E-state index in [4.69, 9.17) is 10.5 Å². The summed E-state index contributed by atoms with van der Waals surface area (Å²) in [5, 5.41) is 0. The third-order valence-electron chi connectivity index (χ3n) is 3.68. The number of hydrogen-bond donors (Lipinski definition) is 1. The zero-order valence-corrected chi connectivity index (χ0v) is 12.9. The zero-order valence-electron chi connectivity index (χ0n) is 12.0. The van der Waals surface area contributed by atoms with Gasteiger partial charge in [-0.1, -0.05) is 0 Å². The van der Waals surface area contributed by atoms with Crippen LogP contribution in [-0.2, 0) is 19.6 Å². The van der Waals surface area contributed by atoms with Crippen molar-refractivity contribution in [3.8, 4) is 0 Å². The number of methoxy groups -OCH3 is 1. The van der Waals surface area contributed by atoms with E-state index < -0.39 is 44.6 Å². The Hall–Kier alpha value is -1.58. The summed E-state index contributed by atoms with van der Waals surface area (Å²) in [6.07, 6.45) is -0.466. The largest absolute Gasteiger partial charge is 0.380 e. The molecule has 0 spiro atoms. The maximum atomic E-state index is 14.0. The lowest BCUT2D eigenvalue weighted by Crippen LogP contribution is -2.43. The lowest BCUT2D eigenvalue weighted by atomic mass is 10.2. The van der Waals surface area contributed by atoms with Crippen LogP contribution in [0.2, 0.25) is 0 Å². The molecule has 1 aliphatic heterocycles. The molecule has 1 fully saturated rings. The highest BCUT2D eigenvalue weighted by Gasteiger charge is 2.44. The van der Waals surface area contributed by atoms with Crippen molar-refractivity contribution in [2.75, 3.05) is 13.7 Å². The van der Waals surface area contributed by atoms with Crippen LogP contribution in [0.4, 0.5) is 8.78 Å². The molecule has 1 aliphatic rings. The lowest BCUT2D eigenvalue weighted by molar-refractivity contribution is -0.121. The van der Waals surface area contributed by atoms with Crippen LogP contribution >= 0.6 is 0 Å². The summed E-state index contributed by atoms with van der Waals surface area (Å²) in [4.78, 5) is 10.6. The Balaban J connectivity index is 2.50. The Morgan fingerprint density at radius 3 is 2.55 bits per heavy atom. The van der Waals surface area contributed by atoms with Gasteiger partial charge in [-0.15, -0.1) is 0 Å². The van der Waals surface area contributed by atoms with Crippen LogP contribution in [0.15, 0.2) is 17.0 Å². The number of amides is 1. The quantitative estimate of drug-likeness (QED) is 0.870. The van der Waals surface area contributed by atoms with Crippen LogP contribution in [-0.4, -0.2) is 44.4 Å². The standard InChI is InChI=1S/C13H16F2N2O4S/c1-7-3-10(15)12(5-9(7)14)22(19,20)17-6-8(21-2)4-11(17)13(16)18/h3,5,8,11H,4,6H2,1-2H3,(H2,16,18)/t8-,11-/m0/s1. The van der Waals surface area contributed by atoms with Crippen molar-refractivity contribution in [3.05, 3.63) is 29.3 Å². The molecule has 1 aromatic carbocycles. The number of carbonyl (C=O) groups excluding carboxylic acids is 1. The minimum atomic E-state index is -4.41. The fourth-order valence-electron chi connectivity index (χ4n) is 2.42. The molecule has 0 aliphatic carbocycles. The molecule has 1 saturated heterocycles. The summed E-state index contributed by atoms with van der Waals surface area (Å²) < 4.78 is 58.5. The zero-order chi connectivity index (χ0) is 16.7. The van der Waals surface area contributed by atoms with E-state index in [2.05, 4.69) is 0 Å². The van der Waals surface area contributed by atoms with Crippen LogP contribution in [0, 0.1) is 18.6 Å². The first-order chi connectivity index (χ1) is 10.2. The van der Waals surface area contributed by atoms with Crippen molar-refractivity contribution < 1.29 is 26.7 Å². The van der Waals surface area contributed by atoms with Gasteiger partial charge in [-0.3, -0.25) is 4.79 Å². The number of sulfonamides is 1. The first-order valence-electron chi connectivity index (χ1n) is 6.48. The topological polar surface area (TPSA) is 89.7 Å². The number of carbonyl (C=O) groups is 1. The van der Waals surface area contributed by atoms with Crippen molar-refractivity contribution in [2.24, 2.45) is 5.73 Å². The van der Waals surface area contributed by atoms with Gasteiger partial charge in [0, 0.05) is 20.1 Å². The van der Waals surface area contributed by atoms with Crippen LogP contribution in [0.3, 0.4) is 0 Å². The van der Waals surface area contributed by atoms with E-state index in [1.54, 1.807) is 0 Å². The van der Waals surface area contributed by atoms with Crippen molar-refractivity contribution in [1.82, 2.24) is 4.31 Å². The maximum absolute atomic E-state index is 14.0. The molecule has 1 heterocycles. The minimum Gasteiger partial charge on any atom is -0.380 e. The van der Waals surface area contributed by atoms with Crippen molar-refractivity contribution in [1.29, 1.82) is 0 Å². The Kier molecular flexibility index (Phi) is 4.50. The summed E-state index contributed by atoms with van der Waals surface area (Å²) in [5.41, 5.74) is 5.19. The van der Waals surface area contributed by atoms with Gasteiger partial charge < -0.3 is 10.5 Å². The molecular formula is C13H16F2N2O4S. The average molecular weight is 334 g/mol. The molecule has 0 saturated carbocycles. The van der Waals surface area contributed by atoms with Gasteiger partial charge in [-0.05, 0) is 24.6 Å². The van der Waals surface area contributed by atoms with Crippen molar-refractivity contribution >= 4 is 15.9 Å².